The van der Waals surface area contributed by atoms with Gasteiger partial charge in [-0.05, 0) is 36.2 Å². The number of aromatic nitrogens is 2. The average molecular weight is 486 g/mol. The topological polar surface area (TPSA) is 76.5 Å². The summed E-state index contributed by atoms with van der Waals surface area (Å²) in [5.74, 6) is -0.700. The number of benzene rings is 2. The molecule has 3 aromatic rings. The maximum atomic E-state index is 13.1. The molecule has 4 rings (SSSR count). The molecule has 1 saturated heterocycles. The lowest BCUT2D eigenvalue weighted by atomic mass is 10.1. The van der Waals surface area contributed by atoms with Crippen molar-refractivity contribution in [3.63, 3.8) is 0 Å². The maximum Gasteiger partial charge on any atom is 0.416 e. The molecule has 1 aliphatic rings. The van der Waals surface area contributed by atoms with Gasteiger partial charge in [0.05, 0.1) is 24.5 Å². The number of carbonyl (C=O) groups is 1. The Kier molecular flexibility index (Phi) is 7.32. The Bertz CT molecular complexity index is 1270. The normalized spacial score (nSPS) is 14.6. The summed E-state index contributed by atoms with van der Waals surface area (Å²) in [4.78, 5) is 27.5. The number of hydrogen-bond donors (Lipinski definition) is 1. The molecule has 10 heteroatoms. The van der Waals surface area contributed by atoms with Crippen LogP contribution in [0, 0.1) is 6.92 Å². The standard InChI is InChI=1S/C25H25F3N4O3/c1-17-12-22(33)23(30-32(17)21-7-3-6-20(14-21)25(26,27)28)24(34)29-15-18-4-2-5-19(13-18)16-31-8-10-35-11-9-31/h2-7,12-14H,8-11,15-16H2,1H3,(H,29,34). The minimum atomic E-state index is -4.53. The zero-order valence-corrected chi connectivity index (χ0v) is 19.1. The zero-order chi connectivity index (χ0) is 25.0. The van der Waals surface area contributed by atoms with E-state index in [2.05, 4.69) is 15.3 Å². The summed E-state index contributed by atoms with van der Waals surface area (Å²) in [7, 11) is 0. The number of aryl methyl sites for hydroxylation is 1. The van der Waals surface area contributed by atoms with Gasteiger partial charge in [-0.3, -0.25) is 14.5 Å². The summed E-state index contributed by atoms with van der Waals surface area (Å²) in [6.07, 6.45) is -4.53. The first-order valence-corrected chi connectivity index (χ1v) is 11.2. The van der Waals surface area contributed by atoms with E-state index < -0.39 is 28.8 Å². The minimum absolute atomic E-state index is 0.0992. The predicted octanol–water partition coefficient (Wildman–Crippen LogP) is 3.32. The molecule has 1 aliphatic heterocycles. The highest BCUT2D eigenvalue weighted by molar-refractivity contribution is 5.92. The van der Waals surface area contributed by atoms with Crippen molar-refractivity contribution >= 4 is 5.91 Å². The number of nitrogens with zero attached hydrogens (tertiary/aromatic N) is 3. The Labute approximate surface area is 200 Å². The van der Waals surface area contributed by atoms with Crippen LogP contribution in [0.25, 0.3) is 5.69 Å². The lowest BCUT2D eigenvalue weighted by molar-refractivity contribution is -0.137. The van der Waals surface area contributed by atoms with E-state index in [1.54, 1.807) is 0 Å². The van der Waals surface area contributed by atoms with Gasteiger partial charge in [-0.2, -0.15) is 18.3 Å². The monoisotopic (exact) mass is 486 g/mol. The third kappa shape index (κ3) is 6.14. The number of alkyl halides is 3. The number of hydrogen-bond acceptors (Lipinski definition) is 5. The first kappa shape index (κ1) is 24.6. The van der Waals surface area contributed by atoms with Crippen molar-refractivity contribution in [3.05, 3.63) is 92.9 Å². The van der Waals surface area contributed by atoms with Gasteiger partial charge in [-0.25, -0.2) is 4.68 Å². The fourth-order valence-corrected chi connectivity index (χ4v) is 3.90. The second kappa shape index (κ2) is 10.4. The molecule has 0 saturated carbocycles. The van der Waals surface area contributed by atoms with Gasteiger partial charge in [-0.1, -0.05) is 30.3 Å². The Balaban J connectivity index is 1.50. The highest BCUT2D eigenvalue weighted by Crippen LogP contribution is 2.30. The number of ether oxygens (including phenoxy) is 1. The van der Waals surface area contributed by atoms with Crippen molar-refractivity contribution < 1.29 is 22.7 Å². The van der Waals surface area contributed by atoms with Crippen molar-refractivity contribution in [1.82, 2.24) is 20.0 Å². The van der Waals surface area contributed by atoms with Crippen molar-refractivity contribution in [1.29, 1.82) is 0 Å². The third-order valence-electron chi connectivity index (χ3n) is 5.69. The smallest absolute Gasteiger partial charge is 0.379 e. The number of carbonyl (C=O) groups excluding carboxylic acids is 1. The van der Waals surface area contributed by atoms with Crippen LogP contribution in [0.3, 0.4) is 0 Å². The van der Waals surface area contributed by atoms with E-state index in [1.807, 2.05) is 24.3 Å². The molecule has 2 heterocycles. The number of nitrogens with one attached hydrogen (secondary N) is 1. The average Bonchev–Trinajstić information content (AvgIpc) is 2.83. The second-order valence-electron chi connectivity index (χ2n) is 8.35. The van der Waals surface area contributed by atoms with Gasteiger partial charge in [0.15, 0.2) is 5.69 Å². The van der Waals surface area contributed by atoms with Crippen molar-refractivity contribution in [2.45, 2.75) is 26.2 Å². The van der Waals surface area contributed by atoms with E-state index in [4.69, 9.17) is 4.74 Å². The lowest BCUT2D eigenvalue weighted by Gasteiger charge is -2.26. The van der Waals surface area contributed by atoms with Gasteiger partial charge in [0.2, 0.25) is 5.43 Å². The highest BCUT2D eigenvalue weighted by Gasteiger charge is 2.30. The molecule has 184 valence electrons. The SMILES string of the molecule is Cc1cc(=O)c(C(=O)NCc2cccc(CN3CCOCC3)c2)nn1-c1cccc(C(F)(F)F)c1. The minimum Gasteiger partial charge on any atom is -0.379 e. The van der Waals surface area contributed by atoms with Gasteiger partial charge in [-0.15, -0.1) is 0 Å². The maximum absolute atomic E-state index is 13.1. The van der Waals surface area contributed by atoms with Gasteiger partial charge in [0, 0.05) is 37.9 Å². The van der Waals surface area contributed by atoms with E-state index in [1.165, 1.54) is 25.1 Å². The molecule has 1 N–H and O–H groups in total. The summed E-state index contributed by atoms with van der Waals surface area (Å²) in [5, 5.41) is 6.77. The summed E-state index contributed by atoms with van der Waals surface area (Å²) in [6.45, 7) is 5.61. The van der Waals surface area contributed by atoms with Crippen LogP contribution >= 0.6 is 0 Å². The number of amides is 1. The quantitative estimate of drug-likeness (QED) is 0.579. The molecular weight excluding hydrogens is 461 g/mol. The summed E-state index contributed by atoms with van der Waals surface area (Å²) < 4.78 is 45.9. The molecular formula is C25H25F3N4O3. The van der Waals surface area contributed by atoms with Gasteiger partial charge < -0.3 is 10.1 Å². The van der Waals surface area contributed by atoms with Crippen molar-refractivity contribution in [3.8, 4) is 5.69 Å². The molecule has 0 radical (unpaired) electrons. The molecule has 1 fully saturated rings. The molecule has 0 unspecified atom stereocenters. The van der Waals surface area contributed by atoms with Gasteiger partial charge >= 0.3 is 6.18 Å². The molecule has 0 spiro atoms. The van der Waals surface area contributed by atoms with Crippen LogP contribution in [0.5, 0.6) is 0 Å². The Morgan fingerprint density at radius 1 is 1.06 bits per heavy atom. The van der Waals surface area contributed by atoms with Crippen molar-refractivity contribution in [2.75, 3.05) is 26.3 Å². The van der Waals surface area contributed by atoms with Gasteiger partial charge in [0.1, 0.15) is 0 Å². The van der Waals surface area contributed by atoms with Crippen LogP contribution in [0.1, 0.15) is 32.9 Å². The fraction of sp³-hybridized carbons (Fsp3) is 0.320. The molecule has 0 atom stereocenters. The molecule has 0 aliphatic carbocycles. The summed E-state index contributed by atoms with van der Waals surface area (Å²) >= 11 is 0. The van der Waals surface area contributed by atoms with Crippen molar-refractivity contribution in [2.24, 2.45) is 0 Å². The molecule has 35 heavy (non-hydrogen) atoms. The second-order valence-corrected chi connectivity index (χ2v) is 8.35. The molecule has 1 aromatic heterocycles. The highest BCUT2D eigenvalue weighted by atomic mass is 19.4. The van der Waals surface area contributed by atoms with Crippen LogP contribution in [0.2, 0.25) is 0 Å². The fourth-order valence-electron chi connectivity index (χ4n) is 3.90. The van der Waals surface area contributed by atoms with Crippen LogP contribution < -0.4 is 10.7 Å². The summed E-state index contributed by atoms with van der Waals surface area (Å²) in [6, 6.07) is 13.5. The van der Waals surface area contributed by atoms with E-state index >= 15 is 0 Å². The first-order valence-electron chi connectivity index (χ1n) is 11.2. The van der Waals surface area contributed by atoms with Crippen LogP contribution in [-0.2, 0) is 24.0 Å². The number of halogens is 3. The molecule has 2 aromatic carbocycles. The first-order chi connectivity index (χ1) is 16.7. The summed E-state index contributed by atoms with van der Waals surface area (Å²) in [5.41, 5.74) is 0.511. The van der Waals surface area contributed by atoms with Crippen LogP contribution in [0.15, 0.2) is 59.4 Å². The zero-order valence-electron chi connectivity index (χ0n) is 19.1. The van der Waals surface area contributed by atoms with E-state index in [0.29, 0.717) is 18.9 Å². The molecule has 7 nitrogen and oxygen atoms in total. The van der Waals surface area contributed by atoms with E-state index in [0.717, 1.165) is 47.6 Å². The Morgan fingerprint density at radius 3 is 2.51 bits per heavy atom. The molecule has 1 amide bonds. The van der Waals surface area contributed by atoms with Crippen LogP contribution in [-0.4, -0.2) is 46.9 Å². The molecule has 0 bridgehead atoms. The van der Waals surface area contributed by atoms with E-state index in [9.17, 15) is 22.8 Å². The number of morpholine rings is 1. The number of rotatable bonds is 6. The lowest BCUT2D eigenvalue weighted by Crippen LogP contribution is -2.35. The van der Waals surface area contributed by atoms with Crippen LogP contribution in [0.4, 0.5) is 13.2 Å². The van der Waals surface area contributed by atoms with E-state index in [-0.39, 0.29) is 12.2 Å². The third-order valence-corrected chi connectivity index (χ3v) is 5.69. The Hall–Kier alpha value is -3.50. The predicted molar refractivity (Wildman–Crippen MR) is 123 cm³/mol. The van der Waals surface area contributed by atoms with Gasteiger partial charge in [0.25, 0.3) is 5.91 Å². The largest absolute Gasteiger partial charge is 0.416 e. The Morgan fingerprint density at radius 2 is 1.77 bits per heavy atom.